The first kappa shape index (κ1) is 17.3. The molecule has 0 aliphatic rings. The van der Waals surface area contributed by atoms with Gasteiger partial charge in [-0.25, -0.2) is 8.78 Å². The minimum absolute atomic E-state index is 0. The van der Waals surface area contributed by atoms with Gasteiger partial charge in [0.15, 0.2) is 11.6 Å². The Morgan fingerprint density at radius 1 is 1.39 bits per heavy atom. The van der Waals surface area contributed by atoms with Crippen LogP contribution in [0.1, 0.15) is 24.2 Å². The second-order valence-electron chi connectivity index (χ2n) is 4.29. The summed E-state index contributed by atoms with van der Waals surface area (Å²) in [5, 5.41) is 2.63. The van der Waals surface area contributed by atoms with Crippen LogP contribution in [0.4, 0.5) is 8.78 Å². The van der Waals surface area contributed by atoms with E-state index in [1.165, 1.54) is 0 Å². The van der Waals surface area contributed by atoms with Gasteiger partial charge in [-0.1, -0.05) is 0 Å². The molecule has 0 bridgehead atoms. The van der Waals surface area contributed by atoms with Crippen molar-refractivity contribution in [1.82, 2.24) is 5.32 Å². The maximum Gasteiger partial charge on any atom is 0.252 e. The van der Waals surface area contributed by atoms with Crippen molar-refractivity contribution in [1.29, 1.82) is 0 Å². The molecule has 3 N–H and O–H groups in total. The molecular weight excluding hydrogens is 329 g/mol. The average molecular weight is 344 g/mol. The first-order chi connectivity index (χ1) is 7.76. The van der Waals surface area contributed by atoms with Crippen molar-refractivity contribution >= 4 is 34.2 Å². The van der Waals surface area contributed by atoms with Gasteiger partial charge in [-0.15, -0.1) is 12.4 Å². The Balaban J connectivity index is 0.00000289. The number of benzene rings is 1. The predicted octanol–water partition coefficient (Wildman–Crippen LogP) is 2.62. The van der Waals surface area contributed by atoms with Gasteiger partial charge in [0.1, 0.15) is 0 Å². The summed E-state index contributed by atoms with van der Waals surface area (Å²) in [7, 11) is 0. The van der Waals surface area contributed by atoms with Gasteiger partial charge in [-0.05, 0) is 41.9 Å². The number of carbonyl (C=O) groups excluding carboxylic acids is 1. The predicted molar refractivity (Wildman–Crippen MR) is 71.9 cm³/mol. The summed E-state index contributed by atoms with van der Waals surface area (Å²) >= 11 is 3.01. The molecule has 0 saturated carbocycles. The standard InChI is InChI=1S/C11H13BrF2N2O.ClH/c1-11(2,5-15)16-10(17)6-3-8(13)9(14)4-7(6)12;/h3-4H,5,15H2,1-2H3,(H,16,17);1H. The second-order valence-corrected chi connectivity index (χ2v) is 5.14. The fourth-order valence-electron chi connectivity index (χ4n) is 1.12. The Hall–Kier alpha value is -0.720. The molecule has 1 amide bonds. The maximum absolute atomic E-state index is 13.0. The van der Waals surface area contributed by atoms with Crippen LogP contribution >= 0.6 is 28.3 Å². The van der Waals surface area contributed by atoms with E-state index in [2.05, 4.69) is 21.2 Å². The molecule has 0 radical (unpaired) electrons. The molecule has 18 heavy (non-hydrogen) atoms. The molecule has 0 saturated heterocycles. The smallest absolute Gasteiger partial charge is 0.252 e. The second kappa shape index (κ2) is 6.45. The first-order valence-electron chi connectivity index (χ1n) is 4.94. The highest BCUT2D eigenvalue weighted by molar-refractivity contribution is 9.10. The average Bonchev–Trinajstić information content (AvgIpc) is 2.22. The van der Waals surface area contributed by atoms with Crippen LogP contribution in [0.5, 0.6) is 0 Å². The number of halogens is 4. The Morgan fingerprint density at radius 2 is 1.89 bits per heavy atom. The molecule has 1 aromatic rings. The van der Waals surface area contributed by atoms with Crippen molar-refractivity contribution in [2.24, 2.45) is 5.73 Å². The molecule has 0 heterocycles. The van der Waals surface area contributed by atoms with Crippen molar-refractivity contribution < 1.29 is 13.6 Å². The van der Waals surface area contributed by atoms with E-state index in [1.807, 2.05) is 0 Å². The van der Waals surface area contributed by atoms with Gasteiger partial charge in [0.05, 0.1) is 5.56 Å². The van der Waals surface area contributed by atoms with E-state index in [9.17, 15) is 13.6 Å². The van der Waals surface area contributed by atoms with Crippen LogP contribution in [0.25, 0.3) is 0 Å². The van der Waals surface area contributed by atoms with E-state index in [0.29, 0.717) is 0 Å². The third-order valence-corrected chi connectivity index (χ3v) is 2.87. The number of nitrogens with one attached hydrogen (secondary N) is 1. The third kappa shape index (κ3) is 4.19. The molecule has 102 valence electrons. The highest BCUT2D eigenvalue weighted by Crippen LogP contribution is 2.21. The van der Waals surface area contributed by atoms with Crippen LogP contribution in [0.2, 0.25) is 0 Å². The summed E-state index contributed by atoms with van der Waals surface area (Å²) in [6.45, 7) is 3.71. The topological polar surface area (TPSA) is 55.1 Å². The lowest BCUT2D eigenvalue weighted by Crippen LogP contribution is -2.48. The van der Waals surface area contributed by atoms with Gasteiger partial charge >= 0.3 is 0 Å². The molecule has 0 aliphatic carbocycles. The number of amides is 1. The lowest BCUT2D eigenvalue weighted by molar-refractivity contribution is 0.0914. The zero-order valence-corrected chi connectivity index (χ0v) is 12.3. The molecule has 0 unspecified atom stereocenters. The minimum Gasteiger partial charge on any atom is -0.346 e. The lowest BCUT2D eigenvalue weighted by atomic mass is 10.1. The Bertz CT molecular complexity index is 455. The summed E-state index contributed by atoms with van der Waals surface area (Å²) in [5.41, 5.74) is 4.89. The van der Waals surface area contributed by atoms with Gasteiger partial charge in [0, 0.05) is 16.6 Å². The van der Waals surface area contributed by atoms with Gasteiger partial charge in [-0.3, -0.25) is 4.79 Å². The number of rotatable bonds is 3. The van der Waals surface area contributed by atoms with Crippen molar-refractivity contribution in [3.05, 3.63) is 33.8 Å². The Labute approximate surface area is 119 Å². The molecular formula is C11H14BrClF2N2O. The molecule has 3 nitrogen and oxygen atoms in total. The molecule has 0 fully saturated rings. The molecule has 7 heteroatoms. The summed E-state index contributed by atoms with van der Waals surface area (Å²) in [6.07, 6.45) is 0. The first-order valence-corrected chi connectivity index (χ1v) is 5.73. The van der Waals surface area contributed by atoms with E-state index in [1.54, 1.807) is 13.8 Å². The molecule has 0 aromatic heterocycles. The van der Waals surface area contributed by atoms with E-state index in [-0.39, 0.29) is 29.0 Å². The van der Waals surface area contributed by atoms with Gasteiger partial charge in [0.2, 0.25) is 0 Å². The zero-order valence-electron chi connectivity index (χ0n) is 9.89. The van der Waals surface area contributed by atoms with E-state index >= 15 is 0 Å². The highest BCUT2D eigenvalue weighted by atomic mass is 79.9. The van der Waals surface area contributed by atoms with Crippen LogP contribution in [0.15, 0.2) is 16.6 Å². The van der Waals surface area contributed by atoms with Crippen LogP contribution in [0, 0.1) is 11.6 Å². The highest BCUT2D eigenvalue weighted by Gasteiger charge is 2.21. The number of carbonyl (C=O) groups is 1. The minimum atomic E-state index is -1.07. The number of nitrogens with two attached hydrogens (primary N) is 1. The maximum atomic E-state index is 13.0. The van der Waals surface area contributed by atoms with E-state index < -0.39 is 23.1 Å². The van der Waals surface area contributed by atoms with Crippen molar-refractivity contribution in [2.75, 3.05) is 6.54 Å². The third-order valence-electron chi connectivity index (χ3n) is 2.22. The normalized spacial score (nSPS) is 10.8. The van der Waals surface area contributed by atoms with Crippen molar-refractivity contribution in [3.8, 4) is 0 Å². The number of hydrogen-bond acceptors (Lipinski definition) is 2. The summed E-state index contributed by atoms with van der Waals surface area (Å²) in [5.74, 6) is -2.58. The SMILES string of the molecule is CC(C)(CN)NC(=O)c1cc(F)c(F)cc1Br.Cl. The van der Waals surface area contributed by atoms with Crippen molar-refractivity contribution in [2.45, 2.75) is 19.4 Å². The van der Waals surface area contributed by atoms with Crippen LogP contribution in [-0.4, -0.2) is 18.0 Å². The fourth-order valence-corrected chi connectivity index (χ4v) is 1.62. The van der Waals surface area contributed by atoms with Gasteiger partial charge in [-0.2, -0.15) is 0 Å². The summed E-state index contributed by atoms with van der Waals surface area (Å²) in [6, 6.07) is 1.76. The van der Waals surface area contributed by atoms with Crippen LogP contribution in [0.3, 0.4) is 0 Å². The zero-order chi connectivity index (χ0) is 13.2. The largest absolute Gasteiger partial charge is 0.346 e. The Morgan fingerprint density at radius 3 is 2.39 bits per heavy atom. The van der Waals surface area contributed by atoms with Crippen LogP contribution in [-0.2, 0) is 0 Å². The molecule has 0 aliphatic heterocycles. The lowest BCUT2D eigenvalue weighted by Gasteiger charge is -2.24. The summed E-state index contributed by atoms with van der Waals surface area (Å²) in [4.78, 5) is 11.8. The van der Waals surface area contributed by atoms with Gasteiger partial charge < -0.3 is 11.1 Å². The molecule has 1 aromatic carbocycles. The number of hydrogen-bond donors (Lipinski definition) is 2. The molecule has 0 spiro atoms. The Kier molecular flexibility index (Phi) is 6.19. The van der Waals surface area contributed by atoms with Crippen LogP contribution < -0.4 is 11.1 Å². The fraction of sp³-hybridized carbons (Fsp3) is 0.364. The molecule has 1 rings (SSSR count). The quantitative estimate of drug-likeness (QED) is 0.829. The van der Waals surface area contributed by atoms with E-state index in [0.717, 1.165) is 12.1 Å². The van der Waals surface area contributed by atoms with Gasteiger partial charge in [0.25, 0.3) is 5.91 Å². The monoisotopic (exact) mass is 342 g/mol. The van der Waals surface area contributed by atoms with E-state index in [4.69, 9.17) is 5.73 Å². The molecule has 0 atom stereocenters. The van der Waals surface area contributed by atoms with Crippen molar-refractivity contribution in [3.63, 3.8) is 0 Å². The summed E-state index contributed by atoms with van der Waals surface area (Å²) < 4.78 is 26.1.